The molecule has 20 heavy (non-hydrogen) atoms. The molecule has 3 nitrogen and oxygen atoms in total. The second-order valence-electron chi connectivity index (χ2n) is 5.08. The Morgan fingerprint density at radius 3 is 2.70 bits per heavy atom. The summed E-state index contributed by atoms with van der Waals surface area (Å²) in [6.07, 6.45) is 2.16. The second kappa shape index (κ2) is 9.72. The molecular formula is C16H26FNO2. The SMILES string of the molecule is CCCCOCCOc1c(F)cccc1CNC(C)C. The van der Waals surface area contributed by atoms with E-state index in [0.717, 1.165) is 25.0 Å². The van der Waals surface area contributed by atoms with Crippen LogP contribution < -0.4 is 10.1 Å². The van der Waals surface area contributed by atoms with Gasteiger partial charge in [0.1, 0.15) is 6.61 Å². The number of para-hydroxylation sites is 1. The fourth-order valence-corrected chi connectivity index (χ4v) is 1.72. The molecule has 0 heterocycles. The lowest BCUT2D eigenvalue weighted by molar-refractivity contribution is 0.0962. The van der Waals surface area contributed by atoms with Crippen LogP contribution in [0.5, 0.6) is 5.75 Å². The van der Waals surface area contributed by atoms with E-state index in [1.165, 1.54) is 6.07 Å². The van der Waals surface area contributed by atoms with Crippen LogP contribution in [-0.4, -0.2) is 25.9 Å². The van der Waals surface area contributed by atoms with E-state index in [2.05, 4.69) is 26.1 Å². The van der Waals surface area contributed by atoms with Crippen LogP contribution in [0.4, 0.5) is 4.39 Å². The Balaban J connectivity index is 2.46. The number of nitrogens with one attached hydrogen (secondary N) is 1. The summed E-state index contributed by atoms with van der Waals surface area (Å²) in [4.78, 5) is 0. The Hall–Kier alpha value is -1.13. The summed E-state index contributed by atoms with van der Waals surface area (Å²) in [5, 5.41) is 3.27. The first-order valence-corrected chi connectivity index (χ1v) is 7.36. The van der Waals surface area contributed by atoms with Crippen molar-refractivity contribution in [1.29, 1.82) is 0 Å². The second-order valence-corrected chi connectivity index (χ2v) is 5.08. The van der Waals surface area contributed by atoms with Gasteiger partial charge >= 0.3 is 0 Å². The molecule has 1 aromatic rings. The van der Waals surface area contributed by atoms with Gasteiger partial charge in [0.25, 0.3) is 0 Å². The molecule has 0 aliphatic heterocycles. The number of benzene rings is 1. The summed E-state index contributed by atoms with van der Waals surface area (Å²) in [7, 11) is 0. The fourth-order valence-electron chi connectivity index (χ4n) is 1.72. The highest BCUT2D eigenvalue weighted by molar-refractivity contribution is 5.34. The predicted octanol–water partition coefficient (Wildman–Crippen LogP) is 3.52. The highest BCUT2D eigenvalue weighted by Gasteiger charge is 2.10. The molecule has 0 radical (unpaired) electrons. The number of ether oxygens (including phenoxy) is 2. The Morgan fingerprint density at radius 2 is 2.00 bits per heavy atom. The topological polar surface area (TPSA) is 30.5 Å². The van der Waals surface area contributed by atoms with Crippen molar-refractivity contribution >= 4 is 0 Å². The van der Waals surface area contributed by atoms with Gasteiger partial charge in [-0.1, -0.05) is 39.3 Å². The summed E-state index contributed by atoms with van der Waals surface area (Å²) in [5.74, 6) is 0.0151. The number of hydrogen-bond donors (Lipinski definition) is 1. The molecule has 0 unspecified atom stereocenters. The minimum absolute atomic E-state index is 0.318. The van der Waals surface area contributed by atoms with E-state index in [-0.39, 0.29) is 5.82 Å². The van der Waals surface area contributed by atoms with Gasteiger partial charge in [0.2, 0.25) is 0 Å². The molecular weight excluding hydrogens is 257 g/mol. The standard InChI is InChI=1S/C16H26FNO2/c1-4-5-9-19-10-11-20-16-14(12-18-13(2)3)7-6-8-15(16)17/h6-8,13,18H,4-5,9-12H2,1-3H3. The van der Waals surface area contributed by atoms with E-state index in [0.29, 0.717) is 31.5 Å². The van der Waals surface area contributed by atoms with Gasteiger partial charge in [-0.2, -0.15) is 0 Å². The van der Waals surface area contributed by atoms with Crippen LogP contribution in [0.15, 0.2) is 18.2 Å². The molecule has 0 aliphatic carbocycles. The minimum Gasteiger partial charge on any atom is -0.488 e. The quantitative estimate of drug-likeness (QED) is 0.666. The molecule has 0 saturated heterocycles. The number of unbranched alkanes of at least 4 members (excludes halogenated alkanes) is 1. The van der Waals surface area contributed by atoms with E-state index >= 15 is 0 Å². The first kappa shape index (κ1) is 16.9. The van der Waals surface area contributed by atoms with Gasteiger partial charge < -0.3 is 14.8 Å². The van der Waals surface area contributed by atoms with E-state index in [1.54, 1.807) is 6.07 Å². The summed E-state index contributed by atoms with van der Waals surface area (Å²) in [6.45, 7) is 8.43. The lowest BCUT2D eigenvalue weighted by atomic mass is 10.2. The third-order valence-corrected chi connectivity index (χ3v) is 2.87. The molecule has 1 rings (SSSR count). The molecule has 1 N–H and O–H groups in total. The van der Waals surface area contributed by atoms with Crippen LogP contribution >= 0.6 is 0 Å². The molecule has 0 spiro atoms. The summed E-state index contributed by atoms with van der Waals surface area (Å²) < 4.78 is 24.8. The van der Waals surface area contributed by atoms with Crippen molar-refractivity contribution < 1.29 is 13.9 Å². The number of hydrogen-bond acceptors (Lipinski definition) is 3. The van der Waals surface area contributed by atoms with Gasteiger partial charge in [-0.3, -0.25) is 0 Å². The van der Waals surface area contributed by atoms with Crippen LogP contribution in [0.25, 0.3) is 0 Å². The van der Waals surface area contributed by atoms with Crippen molar-refractivity contribution in [3.63, 3.8) is 0 Å². The first-order valence-electron chi connectivity index (χ1n) is 7.36. The molecule has 0 bridgehead atoms. The first-order chi connectivity index (χ1) is 9.65. The van der Waals surface area contributed by atoms with Gasteiger partial charge in [-0.15, -0.1) is 0 Å². The van der Waals surface area contributed by atoms with Crippen molar-refractivity contribution in [2.24, 2.45) is 0 Å². The van der Waals surface area contributed by atoms with Crippen molar-refractivity contribution in [3.8, 4) is 5.75 Å². The van der Waals surface area contributed by atoms with Crippen LogP contribution in [0, 0.1) is 5.82 Å². The highest BCUT2D eigenvalue weighted by atomic mass is 19.1. The maximum atomic E-state index is 13.8. The lowest BCUT2D eigenvalue weighted by Gasteiger charge is -2.14. The average molecular weight is 283 g/mol. The Kier molecular flexibility index (Phi) is 8.23. The Morgan fingerprint density at radius 1 is 1.20 bits per heavy atom. The zero-order chi connectivity index (χ0) is 14.8. The van der Waals surface area contributed by atoms with Gasteiger partial charge in [0.15, 0.2) is 11.6 Å². The lowest BCUT2D eigenvalue weighted by Crippen LogP contribution is -2.22. The molecule has 1 aromatic carbocycles. The van der Waals surface area contributed by atoms with Crippen LogP contribution in [0.3, 0.4) is 0 Å². The van der Waals surface area contributed by atoms with Gasteiger partial charge in [0, 0.05) is 24.8 Å². The fraction of sp³-hybridized carbons (Fsp3) is 0.625. The third-order valence-electron chi connectivity index (χ3n) is 2.87. The molecule has 0 fully saturated rings. The molecule has 0 aliphatic rings. The molecule has 0 amide bonds. The maximum absolute atomic E-state index is 13.8. The molecule has 0 aromatic heterocycles. The van der Waals surface area contributed by atoms with Gasteiger partial charge in [-0.25, -0.2) is 4.39 Å². The highest BCUT2D eigenvalue weighted by Crippen LogP contribution is 2.22. The number of rotatable bonds is 10. The average Bonchev–Trinajstić information content (AvgIpc) is 2.42. The summed E-state index contributed by atoms with van der Waals surface area (Å²) in [5.41, 5.74) is 0.840. The zero-order valence-corrected chi connectivity index (χ0v) is 12.7. The largest absolute Gasteiger partial charge is 0.488 e. The van der Waals surface area contributed by atoms with E-state index in [4.69, 9.17) is 9.47 Å². The number of halogens is 1. The van der Waals surface area contributed by atoms with E-state index < -0.39 is 0 Å². The van der Waals surface area contributed by atoms with Crippen LogP contribution in [-0.2, 0) is 11.3 Å². The van der Waals surface area contributed by atoms with E-state index in [1.807, 2.05) is 6.07 Å². The summed E-state index contributed by atoms with van der Waals surface area (Å²) in [6, 6.07) is 5.36. The predicted molar refractivity (Wildman–Crippen MR) is 79.6 cm³/mol. The molecule has 114 valence electrons. The Labute approximate surface area is 121 Å². The zero-order valence-electron chi connectivity index (χ0n) is 12.7. The third kappa shape index (κ3) is 6.35. The van der Waals surface area contributed by atoms with Crippen molar-refractivity contribution in [3.05, 3.63) is 29.6 Å². The normalized spacial score (nSPS) is 11.1. The van der Waals surface area contributed by atoms with Crippen LogP contribution in [0.2, 0.25) is 0 Å². The van der Waals surface area contributed by atoms with Gasteiger partial charge in [-0.05, 0) is 12.5 Å². The molecule has 4 heteroatoms. The van der Waals surface area contributed by atoms with Crippen LogP contribution in [0.1, 0.15) is 39.2 Å². The van der Waals surface area contributed by atoms with Crippen molar-refractivity contribution in [1.82, 2.24) is 5.32 Å². The smallest absolute Gasteiger partial charge is 0.165 e. The van der Waals surface area contributed by atoms with Gasteiger partial charge in [0.05, 0.1) is 6.61 Å². The molecule has 0 atom stereocenters. The van der Waals surface area contributed by atoms with E-state index in [9.17, 15) is 4.39 Å². The summed E-state index contributed by atoms with van der Waals surface area (Å²) >= 11 is 0. The minimum atomic E-state index is -0.318. The molecule has 0 saturated carbocycles. The monoisotopic (exact) mass is 283 g/mol. The van der Waals surface area contributed by atoms with Crippen molar-refractivity contribution in [2.75, 3.05) is 19.8 Å². The maximum Gasteiger partial charge on any atom is 0.165 e. The Bertz CT molecular complexity index is 383. The van der Waals surface area contributed by atoms with Crippen molar-refractivity contribution in [2.45, 2.75) is 46.2 Å².